The summed E-state index contributed by atoms with van der Waals surface area (Å²) in [6.07, 6.45) is 6.95. The predicted molar refractivity (Wildman–Crippen MR) is 121 cm³/mol. The van der Waals surface area contributed by atoms with Gasteiger partial charge in [-0.1, -0.05) is 43.0 Å². The molecule has 5 heteroatoms. The molecular formula is C24H27ClN4. The van der Waals surface area contributed by atoms with Crippen LogP contribution in [0.4, 0.5) is 5.82 Å². The minimum atomic E-state index is 0.730. The van der Waals surface area contributed by atoms with Crippen molar-refractivity contribution in [1.29, 1.82) is 0 Å². The molecule has 0 amide bonds. The maximum absolute atomic E-state index is 6.07. The van der Waals surface area contributed by atoms with Crippen molar-refractivity contribution in [3.05, 3.63) is 53.6 Å². The van der Waals surface area contributed by atoms with Crippen LogP contribution in [0, 0.1) is 0 Å². The summed E-state index contributed by atoms with van der Waals surface area (Å²) in [5.41, 5.74) is 2.00. The molecule has 29 heavy (non-hydrogen) atoms. The summed E-state index contributed by atoms with van der Waals surface area (Å²) >= 11 is 6.07. The largest absolute Gasteiger partial charge is 0.353 e. The number of aromatic nitrogens is 2. The molecule has 1 saturated heterocycles. The number of fused-ring (bicyclic) bond motifs is 1. The van der Waals surface area contributed by atoms with Crippen LogP contribution < -0.4 is 4.90 Å². The summed E-state index contributed by atoms with van der Waals surface area (Å²) in [5.74, 6) is 1.83. The molecule has 5 rings (SSSR count). The molecule has 0 unspecified atom stereocenters. The molecule has 0 N–H and O–H groups in total. The van der Waals surface area contributed by atoms with Crippen LogP contribution in [0.3, 0.4) is 0 Å². The van der Waals surface area contributed by atoms with E-state index in [1.54, 1.807) is 0 Å². The molecule has 4 nitrogen and oxygen atoms in total. The van der Waals surface area contributed by atoms with E-state index in [1.165, 1.54) is 32.1 Å². The van der Waals surface area contributed by atoms with Gasteiger partial charge < -0.3 is 4.90 Å². The zero-order valence-electron chi connectivity index (χ0n) is 16.7. The van der Waals surface area contributed by atoms with Gasteiger partial charge in [-0.2, -0.15) is 0 Å². The van der Waals surface area contributed by atoms with E-state index in [9.17, 15) is 0 Å². The van der Waals surface area contributed by atoms with Gasteiger partial charge in [-0.15, -0.1) is 0 Å². The lowest BCUT2D eigenvalue weighted by atomic mass is 9.94. The van der Waals surface area contributed by atoms with Gasteiger partial charge in [-0.05, 0) is 49.2 Å². The Labute approximate surface area is 177 Å². The topological polar surface area (TPSA) is 32.3 Å². The predicted octanol–water partition coefficient (Wildman–Crippen LogP) is 5.40. The number of benzene rings is 2. The van der Waals surface area contributed by atoms with E-state index in [4.69, 9.17) is 21.6 Å². The number of halogens is 1. The number of nitrogens with zero attached hydrogens (tertiary/aromatic N) is 4. The summed E-state index contributed by atoms with van der Waals surface area (Å²) in [6, 6.07) is 16.9. The van der Waals surface area contributed by atoms with Crippen LogP contribution in [0.25, 0.3) is 22.3 Å². The van der Waals surface area contributed by atoms with Gasteiger partial charge >= 0.3 is 0 Å². The number of piperazine rings is 1. The fourth-order valence-electron chi connectivity index (χ4n) is 4.77. The second-order valence-corrected chi connectivity index (χ2v) is 8.65. The average molecular weight is 407 g/mol. The highest BCUT2D eigenvalue weighted by molar-refractivity contribution is 6.30. The van der Waals surface area contributed by atoms with Gasteiger partial charge in [0.1, 0.15) is 5.82 Å². The van der Waals surface area contributed by atoms with Crippen molar-refractivity contribution < 1.29 is 0 Å². The average Bonchev–Trinajstić information content (AvgIpc) is 2.79. The Morgan fingerprint density at radius 1 is 0.793 bits per heavy atom. The molecule has 0 bridgehead atoms. The van der Waals surface area contributed by atoms with Crippen molar-refractivity contribution in [1.82, 2.24) is 14.9 Å². The first-order valence-electron chi connectivity index (χ1n) is 10.8. The number of para-hydroxylation sites is 1. The molecule has 3 aromatic rings. The highest BCUT2D eigenvalue weighted by atomic mass is 35.5. The van der Waals surface area contributed by atoms with E-state index in [2.05, 4.69) is 28.0 Å². The van der Waals surface area contributed by atoms with Crippen molar-refractivity contribution in [2.75, 3.05) is 31.1 Å². The van der Waals surface area contributed by atoms with Crippen LogP contribution in [0.2, 0.25) is 5.02 Å². The Morgan fingerprint density at radius 2 is 1.52 bits per heavy atom. The first kappa shape index (κ1) is 18.8. The maximum Gasteiger partial charge on any atom is 0.162 e. The highest BCUT2D eigenvalue weighted by Crippen LogP contribution is 2.30. The van der Waals surface area contributed by atoms with E-state index in [-0.39, 0.29) is 0 Å². The van der Waals surface area contributed by atoms with Crippen LogP contribution in [-0.2, 0) is 0 Å². The summed E-state index contributed by atoms with van der Waals surface area (Å²) in [6.45, 7) is 4.30. The van der Waals surface area contributed by atoms with E-state index in [0.29, 0.717) is 0 Å². The van der Waals surface area contributed by atoms with Crippen LogP contribution in [0.5, 0.6) is 0 Å². The summed E-state index contributed by atoms with van der Waals surface area (Å²) in [7, 11) is 0. The van der Waals surface area contributed by atoms with Gasteiger partial charge in [-0.25, -0.2) is 9.97 Å². The summed E-state index contributed by atoms with van der Waals surface area (Å²) < 4.78 is 0. The molecule has 2 aliphatic rings. The molecule has 0 radical (unpaired) electrons. The Hall–Kier alpha value is -2.17. The van der Waals surface area contributed by atoms with Gasteiger partial charge in [0.2, 0.25) is 0 Å². The SMILES string of the molecule is Clc1ccc(-c2nc(N3CCN(C4CCCCC4)CC3)c3ccccc3n2)cc1. The monoisotopic (exact) mass is 406 g/mol. The first-order chi connectivity index (χ1) is 14.3. The van der Waals surface area contributed by atoms with Gasteiger partial charge in [-0.3, -0.25) is 4.90 Å². The molecule has 1 aliphatic heterocycles. The van der Waals surface area contributed by atoms with Crippen molar-refractivity contribution in [2.45, 2.75) is 38.1 Å². The third-order valence-corrected chi connectivity index (χ3v) is 6.64. The molecule has 150 valence electrons. The molecular weight excluding hydrogens is 380 g/mol. The third kappa shape index (κ3) is 3.96. The Morgan fingerprint density at radius 3 is 2.28 bits per heavy atom. The minimum Gasteiger partial charge on any atom is -0.353 e. The van der Waals surface area contributed by atoms with E-state index < -0.39 is 0 Å². The molecule has 0 atom stereocenters. The smallest absolute Gasteiger partial charge is 0.162 e. The second kappa shape index (κ2) is 8.29. The fourth-order valence-corrected chi connectivity index (χ4v) is 4.90. The molecule has 1 aliphatic carbocycles. The standard InChI is InChI=1S/C24H27ClN4/c25-19-12-10-18(11-13-19)23-26-22-9-5-4-8-21(22)24(27-23)29-16-14-28(15-17-29)20-6-2-1-3-7-20/h4-5,8-13,20H,1-3,6-7,14-17H2. The quantitative estimate of drug-likeness (QED) is 0.582. The molecule has 2 fully saturated rings. The summed E-state index contributed by atoms with van der Waals surface area (Å²) in [5, 5.41) is 1.87. The summed E-state index contributed by atoms with van der Waals surface area (Å²) in [4.78, 5) is 15.0. The second-order valence-electron chi connectivity index (χ2n) is 8.21. The molecule has 1 aromatic heterocycles. The van der Waals surface area contributed by atoms with E-state index in [0.717, 1.165) is 65.4 Å². The zero-order valence-corrected chi connectivity index (χ0v) is 17.5. The van der Waals surface area contributed by atoms with Gasteiger partial charge in [0.15, 0.2) is 5.82 Å². The maximum atomic E-state index is 6.07. The van der Waals surface area contributed by atoms with Crippen molar-refractivity contribution in [2.24, 2.45) is 0 Å². The number of hydrogen-bond acceptors (Lipinski definition) is 4. The lowest BCUT2D eigenvalue weighted by Gasteiger charge is -2.41. The Balaban J connectivity index is 1.44. The highest BCUT2D eigenvalue weighted by Gasteiger charge is 2.26. The van der Waals surface area contributed by atoms with Crippen LogP contribution in [0.15, 0.2) is 48.5 Å². The normalized spacial score (nSPS) is 19.0. The Bertz CT molecular complexity index is 974. The number of anilines is 1. The molecule has 1 saturated carbocycles. The lowest BCUT2D eigenvalue weighted by molar-refractivity contribution is 0.148. The Kier molecular flexibility index (Phi) is 5.38. The van der Waals surface area contributed by atoms with Crippen molar-refractivity contribution in [3.63, 3.8) is 0 Å². The van der Waals surface area contributed by atoms with Crippen LogP contribution in [-0.4, -0.2) is 47.1 Å². The fraction of sp³-hybridized carbons (Fsp3) is 0.417. The van der Waals surface area contributed by atoms with Gasteiger partial charge in [0.05, 0.1) is 5.52 Å². The van der Waals surface area contributed by atoms with Gasteiger partial charge in [0.25, 0.3) is 0 Å². The van der Waals surface area contributed by atoms with Crippen molar-refractivity contribution in [3.8, 4) is 11.4 Å². The third-order valence-electron chi connectivity index (χ3n) is 6.39. The van der Waals surface area contributed by atoms with E-state index in [1.807, 2.05) is 30.3 Å². The van der Waals surface area contributed by atoms with Gasteiger partial charge in [0, 0.05) is 48.2 Å². The van der Waals surface area contributed by atoms with Crippen LogP contribution in [0.1, 0.15) is 32.1 Å². The molecule has 2 heterocycles. The molecule has 0 spiro atoms. The lowest BCUT2D eigenvalue weighted by Crippen LogP contribution is -2.51. The van der Waals surface area contributed by atoms with Crippen LogP contribution >= 0.6 is 11.6 Å². The van der Waals surface area contributed by atoms with E-state index >= 15 is 0 Å². The van der Waals surface area contributed by atoms with Crippen molar-refractivity contribution >= 4 is 28.3 Å². The zero-order chi connectivity index (χ0) is 19.6. The molecule has 2 aromatic carbocycles. The number of rotatable bonds is 3. The minimum absolute atomic E-state index is 0.730. The first-order valence-corrected chi connectivity index (χ1v) is 11.2. The number of hydrogen-bond donors (Lipinski definition) is 0.